The summed E-state index contributed by atoms with van der Waals surface area (Å²) in [5.41, 5.74) is 0.111. The van der Waals surface area contributed by atoms with Gasteiger partial charge in [-0.05, 0) is 24.6 Å². The number of benzene rings is 1. The maximum atomic E-state index is 11.7. The van der Waals surface area contributed by atoms with E-state index in [2.05, 4.69) is 5.32 Å². The van der Waals surface area contributed by atoms with E-state index in [1.807, 2.05) is 6.92 Å². The van der Waals surface area contributed by atoms with Gasteiger partial charge in [-0.15, -0.1) is 0 Å². The molecule has 0 saturated carbocycles. The van der Waals surface area contributed by atoms with Crippen LogP contribution in [0, 0.1) is 0 Å². The number of aliphatic hydroxyl groups excluding tert-OH is 1. The number of rotatable bonds is 4. The minimum atomic E-state index is -0.444. The van der Waals surface area contributed by atoms with Gasteiger partial charge in [0.1, 0.15) is 5.75 Å². The van der Waals surface area contributed by atoms with E-state index in [4.69, 9.17) is 16.7 Å². The van der Waals surface area contributed by atoms with Gasteiger partial charge < -0.3 is 15.5 Å². The molecule has 0 saturated heterocycles. The molecule has 1 atom stereocenters. The van der Waals surface area contributed by atoms with Crippen LogP contribution in [-0.2, 0) is 0 Å². The highest BCUT2D eigenvalue weighted by Gasteiger charge is 2.14. The van der Waals surface area contributed by atoms with Gasteiger partial charge in [-0.3, -0.25) is 4.79 Å². The van der Waals surface area contributed by atoms with Crippen LogP contribution in [0.2, 0.25) is 5.02 Å². The van der Waals surface area contributed by atoms with Crippen LogP contribution in [-0.4, -0.2) is 28.8 Å². The van der Waals surface area contributed by atoms with Crippen LogP contribution in [0.1, 0.15) is 23.7 Å². The molecule has 0 aliphatic rings. The van der Waals surface area contributed by atoms with Crippen molar-refractivity contribution in [3.63, 3.8) is 0 Å². The van der Waals surface area contributed by atoms with E-state index in [1.54, 1.807) is 0 Å². The van der Waals surface area contributed by atoms with Crippen molar-refractivity contribution in [2.75, 3.05) is 6.61 Å². The fourth-order valence-electron chi connectivity index (χ4n) is 1.23. The van der Waals surface area contributed by atoms with Crippen molar-refractivity contribution < 1.29 is 15.0 Å². The first-order valence-corrected chi connectivity index (χ1v) is 5.36. The Balaban J connectivity index is 2.83. The highest BCUT2D eigenvalue weighted by molar-refractivity contribution is 6.31. The van der Waals surface area contributed by atoms with E-state index in [0.29, 0.717) is 11.4 Å². The second kappa shape index (κ2) is 5.72. The van der Waals surface area contributed by atoms with Gasteiger partial charge in [0.2, 0.25) is 0 Å². The number of hydrogen-bond acceptors (Lipinski definition) is 3. The van der Waals surface area contributed by atoms with Gasteiger partial charge in [0, 0.05) is 5.02 Å². The lowest BCUT2D eigenvalue weighted by Gasteiger charge is -2.14. The Kier molecular flexibility index (Phi) is 4.58. The summed E-state index contributed by atoms with van der Waals surface area (Å²) in [6, 6.07) is 3.93. The van der Waals surface area contributed by atoms with Crippen LogP contribution in [0.5, 0.6) is 5.75 Å². The molecule has 1 aromatic rings. The van der Waals surface area contributed by atoms with E-state index < -0.39 is 5.91 Å². The Morgan fingerprint density at radius 3 is 2.81 bits per heavy atom. The number of hydrogen-bond donors (Lipinski definition) is 3. The molecule has 16 heavy (non-hydrogen) atoms. The Morgan fingerprint density at radius 1 is 1.56 bits per heavy atom. The molecule has 3 N–H and O–H groups in total. The predicted molar refractivity (Wildman–Crippen MR) is 61.7 cm³/mol. The molecule has 1 amide bonds. The van der Waals surface area contributed by atoms with Gasteiger partial charge in [0.15, 0.2) is 0 Å². The van der Waals surface area contributed by atoms with E-state index in [-0.39, 0.29) is 24.0 Å². The Labute approximate surface area is 98.9 Å². The van der Waals surface area contributed by atoms with Crippen LogP contribution in [0.25, 0.3) is 0 Å². The van der Waals surface area contributed by atoms with Gasteiger partial charge in [-0.1, -0.05) is 18.5 Å². The lowest BCUT2D eigenvalue weighted by atomic mass is 10.1. The van der Waals surface area contributed by atoms with Crippen molar-refractivity contribution in [3.05, 3.63) is 28.8 Å². The molecule has 0 heterocycles. The number of nitrogens with one attached hydrogen (secondary N) is 1. The number of aromatic hydroxyl groups is 1. The zero-order chi connectivity index (χ0) is 12.1. The van der Waals surface area contributed by atoms with Gasteiger partial charge in [0.05, 0.1) is 18.2 Å². The minimum absolute atomic E-state index is 0.111. The fraction of sp³-hybridized carbons (Fsp3) is 0.364. The average Bonchev–Trinajstić information content (AvgIpc) is 2.28. The van der Waals surface area contributed by atoms with Crippen molar-refractivity contribution in [2.45, 2.75) is 19.4 Å². The summed E-state index contributed by atoms with van der Waals surface area (Å²) in [7, 11) is 0. The molecule has 0 aliphatic carbocycles. The molecule has 1 aromatic carbocycles. The smallest absolute Gasteiger partial charge is 0.255 e. The molecule has 0 aromatic heterocycles. The second-order valence-corrected chi connectivity index (χ2v) is 3.86. The first kappa shape index (κ1) is 12.8. The molecule has 0 aliphatic heterocycles. The summed E-state index contributed by atoms with van der Waals surface area (Å²) < 4.78 is 0. The standard InChI is InChI=1S/C11H14ClNO3/c1-2-8(6-14)13-11(16)9-5-7(12)3-4-10(9)15/h3-5,8,14-15H,2,6H2,1H3,(H,13,16)/t8-/m1/s1. The number of halogens is 1. The first-order chi connectivity index (χ1) is 7.58. The van der Waals surface area contributed by atoms with Crippen molar-refractivity contribution in [1.29, 1.82) is 0 Å². The summed E-state index contributed by atoms with van der Waals surface area (Å²) in [6.45, 7) is 1.71. The Morgan fingerprint density at radius 2 is 2.25 bits per heavy atom. The van der Waals surface area contributed by atoms with Crippen LogP contribution >= 0.6 is 11.6 Å². The number of carbonyl (C=O) groups excluding carboxylic acids is 1. The average molecular weight is 244 g/mol. The molecular formula is C11H14ClNO3. The largest absolute Gasteiger partial charge is 0.507 e. The summed E-state index contributed by atoms with van der Waals surface area (Å²) in [6.07, 6.45) is 0.615. The van der Waals surface area contributed by atoms with Crippen molar-refractivity contribution in [1.82, 2.24) is 5.32 Å². The number of carbonyl (C=O) groups is 1. The van der Waals surface area contributed by atoms with Gasteiger partial charge >= 0.3 is 0 Å². The number of phenolic OH excluding ortho intramolecular Hbond substituents is 1. The quantitative estimate of drug-likeness (QED) is 0.752. The molecule has 4 nitrogen and oxygen atoms in total. The monoisotopic (exact) mass is 243 g/mol. The topological polar surface area (TPSA) is 69.6 Å². The highest BCUT2D eigenvalue weighted by Crippen LogP contribution is 2.21. The number of phenols is 1. The molecule has 5 heteroatoms. The Hall–Kier alpha value is -1.26. The molecule has 0 fully saturated rings. The lowest BCUT2D eigenvalue weighted by Crippen LogP contribution is -2.36. The van der Waals surface area contributed by atoms with Crippen LogP contribution in [0.4, 0.5) is 0 Å². The normalized spacial score (nSPS) is 12.2. The molecule has 1 rings (SSSR count). The lowest BCUT2D eigenvalue weighted by molar-refractivity contribution is 0.0912. The van der Waals surface area contributed by atoms with Crippen molar-refractivity contribution in [3.8, 4) is 5.75 Å². The summed E-state index contributed by atoms with van der Waals surface area (Å²) in [4.78, 5) is 11.7. The fourth-order valence-corrected chi connectivity index (χ4v) is 1.40. The number of aliphatic hydroxyl groups is 1. The van der Waals surface area contributed by atoms with E-state index in [0.717, 1.165) is 0 Å². The third-order valence-electron chi connectivity index (χ3n) is 2.25. The third-order valence-corrected chi connectivity index (χ3v) is 2.49. The van der Waals surface area contributed by atoms with Gasteiger partial charge in [-0.2, -0.15) is 0 Å². The van der Waals surface area contributed by atoms with E-state index in [9.17, 15) is 9.90 Å². The SMILES string of the molecule is CC[C@H](CO)NC(=O)c1cc(Cl)ccc1O. The van der Waals surface area contributed by atoms with Crippen molar-refractivity contribution >= 4 is 17.5 Å². The van der Waals surface area contributed by atoms with Crippen LogP contribution < -0.4 is 5.32 Å². The zero-order valence-corrected chi connectivity index (χ0v) is 9.66. The van der Waals surface area contributed by atoms with Crippen LogP contribution in [0.15, 0.2) is 18.2 Å². The van der Waals surface area contributed by atoms with Crippen molar-refractivity contribution in [2.24, 2.45) is 0 Å². The zero-order valence-electron chi connectivity index (χ0n) is 8.90. The first-order valence-electron chi connectivity index (χ1n) is 4.98. The number of amides is 1. The highest BCUT2D eigenvalue weighted by atomic mass is 35.5. The minimum Gasteiger partial charge on any atom is -0.507 e. The molecular weight excluding hydrogens is 230 g/mol. The Bertz CT molecular complexity index is 377. The molecule has 88 valence electrons. The predicted octanol–water partition coefficient (Wildman–Crippen LogP) is 1.55. The molecule has 0 bridgehead atoms. The third kappa shape index (κ3) is 3.12. The summed E-state index contributed by atoms with van der Waals surface area (Å²) in [5, 5.41) is 21.4. The van der Waals surface area contributed by atoms with Gasteiger partial charge in [-0.25, -0.2) is 0 Å². The molecule has 0 spiro atoms. The maximum Gasteiger partial charge on any atom is 0.255 e. The summed E-state index contributed by atoms with van der Waals surface area (Å²) >= 11 is 5.72. The van der Waals surface area contributed by atoms with E-state index in [1.165, 1.54) is 18.2 Å². The molecule has 0 radical (unpaired) electrons. The molecule has 0 unspecified atom stereocenters. The maximum absolute atomic E-state index is 11.7. The summed E-state index contributed by atoms with van der Waals surface area (Å²) in [5.74, 6) is -0.574. The van der Waals surface area contributed by atoms with Crippen LogP contribution in [0.3, 0.4) is 0 Å². The van der Waals surface area contributed by atoms with Gasteiger partial charge in [0.25, 0.3) is 5.91 Å². The van der Waals surface area contributed by atoms with E-state index >= 15 is 0 Å². The second-order valence-electron chi connectivity index (χ2n) is 3.42.